The third kappa shape index (κ3) is 5.29. The highest BCUT2D eigenvalue weighted by atomic mass is 35.5. The number of nitrogens with zero attached hydrogens (tertiary/aromatic N) is 2. The number of nitrogens with one attached hydrogen (secondary N) is 1. The molecule has 1 aliphatic carbocycles. The van der Waals surface area contributed by atoms with Crippen LogP contribution >= 0.6 is 23.2 Å². The van der Waals surface area contributed by atoms with Gasteiger partial charge in [0.2, 0.25) is 0 Å². The summed E-state index contributed by atoms with van der Waals surface area (Å²) in [6, 6.07) is 18.9. The predicted octanol–water partition coefficient (Wildman–Crippen LogP) is 5.43. The van der Waals surface area contributed by atoms with Crippen molar-refractivity contribution in [3.05, 3.63) is 75.9 Å². The summed E-state index contributed by atoms with van der Waals surface area (Å²) < 4.78 is 2.28. The van der Waals surface area contributed by atoms with E-state index in [9.17, 15) is 0 Å². The van der Waals surface area contributed by atoms with E-state index < -0.39 is 0 Å². The standard InChI is InChI=1S/C25H29Cl2N5/c1-16-18(15-30-21-8-10-22(11-9-21)31-25(28)29)14-24(17-2-4-19(26)5-3-17)32(16)23-12-6-20(27)7-13-23/h2-7,12-14,21-22,30H,8-11,15H2,1H3,(H4,28,29,31). The maximum atomic E-state index is 6.14. The lowest BCUT2D eigenvalue weighted by Crippen LogP contribution is -2.35. The molecule has 0 amide bonds. The molecular formula is C25H29Cl2N5. The number of benzene rings is 2. The molecule has 1 aromatic heterocycles. The Morgan fingerprint density at radius 1 is 0.969 bits per heavy atom. The van der Waals surface area contributed by atoms with Gasteiger partial charge < -0.3 is 21.4 Å². The van der Waals surface area contributed by atoms with Crippen molar-refractivity contribution in [2.45, 2.75) is 51.2 Å². The molecule has 0 aliphatic heterocycles. The maximum absolute atomic E-state index is 6.14. The molecule has 1 saturated carbocycles. The number of nitrogens with two attached hydrogens (primary N) is 2. The molecule has 0 spiro atoms. The van der Waals surface area contributed by atoms with Crippen LogP contribution in [-0.2, 0) is 6.54 Å². The number of rotatable bonds is 6. The fourth-order valence-electron chi connectivity index (χ4n) is 4.47. The van der Waals surface area contributed by atoms with Gasteiger partial charge in [0.05, 0.1) is 11.7 Å². The number of halogens is 2. The first-order valence-corrected chi connectivity index (χ1v) is 11.7. The Bertz CT molecular complexity index is 1070. The van der Waals surface area contributed by atoms with Gasteiger partial charge in [-0.05, 0) is 86.2 Å². The fourth-order valence-corrected chi connectivity index (χ4v) is 4.72. The largest absolute Gasteiger partial charge is 0.370 e. The smallest absolute Gasteiger partial charge is 0.186 e. The number of hydrogen-bond acceptors (Lipinski definition) is 2. The van der Waals surface area contributed by atoms with Crippen molar-refractivity contribution >= 4 is 29.2 Å². The van der Waals surface area contributed by atoms with Crippen molar-refractivity contribution in [2.24, 2.45) is 16.5 Å². The summed E-state index contributed by atoms with van der Waals surface area (Å²) in [4.78, 5) is 4.32. The second-order valence-electron chi connectivity index (χ2n) is 8.40. The lowest BCUT2D eigenvalue weighted by Gasteiger charge is -2.27. The highest BCUT2D eigenvalue weighted by Crippen LogP contribution is 2.31. The molecule has 1 aliphatic rings. The molecule has 0 saturated heterocycles. The molecule has 32 heavy (non-hydrogen) atoms. The Hall–Kier alpha value is -2.47. The van der Waals surface area contributed by atoms with Crippen molar-refractivity contribution in [2.75, 3.05) is 0 Å². The van der Waals surface area contributed by atoms with Crippen LogP contribution in [-0.4, -0.2) is 22.6 Å². The Kier molecular flexibility index (Phi) is 7.09. The summed E-state index contributed by atoms with van der Waals surface area (Å²) >= 11 is 12.3. The predicted molar refractivity (Wildman–Crippen MR) is 135 cm³/mol. The van der Waals surface area contributed by atoms with Crippen LogP contribution < -0.4 is 16.8 Å². The van der Waals surface area contributed by atoms with Gasteiger partial charge >= 0.3 is 0 Å². The Morgan fingerprint density at radius 2 is 1.56 bits per heavy atom. The van der Waals surface area contributed by atoms with E-state index >= 15 is 0 Å². The van der Waals surface area contributed by atoms with Gasteiger partial charge in [0, 0.05) is 34.0 Å². The van der Waals surface area contributed by atoms with Gasteiger partial charge in [-0.1, -0.05) is 35.3 Å². The van der Waals surface area contributed by atoms with Gasteiger partial charge in [-0.25, -0.2) is 0 Å². The molecule has 3 aromatic rings. The van der Waals surface area contributed by atoms with E-state index in [2.05, 4.69) is 52.1 Å². The van der Waals surface area contributed by atoms with E-state index in [1.165, 1.54) is 11.3 Å². The van der Waals surface area contributed by atoms with Crippen molar-refractivity contribution < 1.29 is 0 Å². The van der Waals surface area contributed by atoms with Gasteiger partial charge in [-0.2, -0.15) is 0 Å². The molecular weight excluding hydrogens is 441 g/mol. The second kappa shape index (κ2) is 9.99. The summed E-state index contributed by atoms with van der Waals surface area (Å²) in [7, 11) is 0. The molecule has 1 fully saturated rings. The van der Waals surface area contributed by atoms with E-state index in [1.54, 1.807) is 0 Å². The third-order valence-corrected chi connectivity index (χ3v) is 6.69. The van der Waals surface area contributed by atoms with Crippen LogP contribution in [0.25, 0.3) is 16.9 Å². The summed E-state index contributed by atoms with van der Waals surface area (Å²) in [6.07, 6.45) is 4.16. The zero-order valence-corrected chi connectivity index (χ0v) is 19.7. The summed E-state index contributed by atoms with van der Waals surface area (Å²) in [5.41, 5.74) is 16.9. The molecule has 7 heteroatoms. The van der Waals surface area contributed by atoms with Gasteiger partial charge in [0.1, 0.15) is 0 Å². The van der Waals surface area contributed by atoms with Gasteiger partial charge in [0.25, 0.3) is 0 Å². The topological polar surface area (TPSA) is 81.4 Å². The molecule has 0 radical (unpaired) electrons. The van der Waals surface area contributed by atoms with Crippen LogP contribution in [0.5, 0.6) is 0 Å². The molecule has 4 rings (SSSR count). The minimum absolute atomic E-state index is 0.190. The summed E-state index contributed by atoms with van der Waals surface area (Å²) in [5, 5.41) is 5.20. The molecule has 5 N–H and O–H groups in total. The van der Waals surface area contributed by atoms with Crippen molar-refractivity contribution in [1.29, 1.82) is 0 Å². The first-order valence-electron chi connectivity index (χ1n) is 11.0. The van der Waals surface area contributed by atoms with Crippen LogP contribution in [0, 0.1) is 6.92 Å². The Morgan fingerprint density at radius 3 is 2.16 bits per heavy atom. The van der Waals surface area contributed by atoms with E-state index in [0.717, 1.165) is 59.2 Å². The average molecular weight is 470 g/mol. The van der Waals surface area contributed by atoms with Crippen LogP contribution in [0.1, 0.15) is 36.9 Å². The SMILES string of the molecule is Cc1c(CNC2CCC(N=C(N)N)CC2)cc(-c2ccc(Cl)cc2)n1-c1ccc(Cl)cc1. The lowest BCUT2D eigenvalue weighted by molar-refractivity contribution is 0.342. The number of aromatic nitrogens is 1. The molecule has 5 nitrogen and oxygen atoms in total. The highest BCUT2D eigenvalue weighted by Gasteiger charge is 2.21. The van der Waals surface area contributed by atoms with Crippen LogP contribution in [0.15, 0.2) is 59.6 Å². The van der Waals surface area contributed by atoms with E-state index in [-0.39, 0.29) is 12.0 Å². The monoisotopic (exact) mass is 469 g/mol. The third-order valence-electron chi connectivity index (χ3n) is 6.19. The van der Waals surface area contributed by atoms with Crippen molar-refractivity contribution in [3.63, 3.8) is 0 Å². The molecule has 0 unspecified atom stereocenters. The molecule has 2 aromatic carbocycles. The Labute approximate surface area is 199 Å². The summed E-state index contributed by atoms with van der Waals surface area (Å²) in [6.45, 7) is 2.98. The second-order valence-corrected chi connectivity index (χ2v) is 9.27. The molecule has 0 atom stereocenters. The highest BCUT2D eigenvalue weighted by molar-refractivity contribution is 6.30. The normalized spacial score (nSPS) is 18.5. The molecule has 168 valence electrons. The minimum atomic E-state index is 0.190. The van der Waals surface area contributed by atoms with E-state index in [0.29, 0.717) is 6.04 Å². The van der Waals surface area contributed by atoms with E-state index in [1.807, 2.05) is 24.3 Å². The van der Waals surface area contributed by atoms with Crippen LogP contribution in [0.2, 0.25) is 10.0 Å². The van der Waals surface area contributed by atoms with Gasteiger partial charge in [-0.15, -0.1) is 0 Å². The minimum Gasteiger partial charge on any atom is -0.370 e. The first kappa shape index (κ1) is 22.7. The quantitative estimate of drug-likeness (QED) is 0.332. The molecule has 0 bridgehead atoms. The maximum Gasteiger partial charge on any atom is 0.186 e. The molecule has 1 heterocycles. The van der Waals surface area contributed by atoms with E-state index in [4.69, 9.17) is 34.7 Å². The first-order chi connectivity index (χ1) is 15.4. The zero-order chi connectivity index (χ0) is 22.7. The van der Waals surface area contributed by atoms with Crippen LogP contribution in [0.4, 0.5) is 0 Å². The number of aliphatic imine (C=N–C) groups is 1. The summed E-state index contributed by atoms with van der Waals surface area (Å²) in [5.74, 6) is 0.190. The zero-order valence-electron chi connectivity index (χ0n) is 18.2. The average Bonchev–Trinajstić information content (AvgIpc) is 3.10. The number of guanidine groups is 1. The number of hydrogen-bond donors (Lipinski definition) is 3. The fraction of sp³-hybridized carbons (Fsp3) is 0.320. The van der Waals surface area contributed by atoms with Gasteiger partial charge in [-0.3, -0.25) is 4.99 Å². The van der Waals surface area contributed by atoms with Gasteiger partial charge in [0.15, 0.2) is 5.96 Å². The van der Waals surface area contributed by atoms with Crippen molar-refractivity contribution in [3.8, 4) is 16.9 Å². The Balaban J connectivity index is 1.56. The lowest BCUT2D eigenvalue weighted by atomic mass is 9.91. The van der Waals surface area contributed by atoms with Crippen molar-refractivity contribution in [1.82, 2.24) is 9.88 Å². The van der Waals surface area contributed by atoms with Crippen LogP contribution in [0.3, 0.4) is 0 Å².